The number of H-pyrrole nitrogens is 1. The van der Waals surface area contributed by atoms with Crippen molar-refractivity contribution < 1.29 is 28.0 Å². The van der Waals surface area contributed by atoms with E-state index in [1.807, 2.05) is 0 Å². The topological polar surface area (TPSA) is 150 Å². The monoisotopic (exact) mass is 350 g/mol. The van der Waals surface area contributed by atoms with E-state index in [0.717, 1.165) is 22.9 Å². The van der Waals surface area contributed by atoms with Crippen LogP contribution >= 0.6 is 0 Å². The molecule has 0 fully saturated rings. The third-order valence-electron chi connectivity index (χ3n) is 3.41. The molecule has 0 aliphatic heterocycles. The molecule has 3 aromatic rings. The molecule has 2 aromatic carbocycles. The van der Waals surface area contributed by atoms with Gasteiger partial charge in [-0.3, -0.25) is 14.4 Å². The largest absolute Gasteiger partial charge is 0.507 e. The van der Waals surface area contributed by atoms with Gasteiger partial charge < -0.3 is 10.2 Å². The molecule has 0 saturated heterocycles. The van der Waals surface area contributed by atoms with Crippen molar-refractivity contribution in [2.45, 2.75) is 4.90 Å². The van der Waals surface area contributed by atoms with Crippen LogP contribution in [-0.4, -0.2) is 38.9 Å². The van der Waals surface area contributed by atoms with Gasteiger partial charge in [-0.15, -0.1) is 0 Å². The van der Waals surface area contributed by atoms with E-state index in [1.165, 1.54) is 18.2 Å². The maximum absolute atomic E-state index is 12.0. The first-order valence-electron chi connectivity index (χ1n) is 6.47. The molecule has 3 rings (SSSR count). The predicted octanol–water partition coefficient (Wildman–Crippen LogP) is 0.969. The summed E-state index contributed by atoms with van der Waals surface area (Å²) in [4.78, 5) is 22.4. The highest BCUT2D eigenvalue weighted by Crippen LogP contribution is 2.31. The lowest BCUT2D eigenvalue weighted by atomic mass is 10.1. The van der Waals surface area contributed by atoms with E-state index >= 15 is 0 Å². The number of hydrogen-bond acceptors (Lipinski definition) is 5. The van der Waals surface area contributed by atoms with E-state index < -0.39 is 32.3 Å². The Morgan fingerprint density at radius 2 is 1.83 bits per heavy atom. The van der Waals surface area contributed by atoms with Gasteiger partial charge in [-0.1, -0.05) is 12.1 Å². The number of aromatic hydroxyl groups is 1. The first kappa shape index (κ1) is 15.8. The maximum atomic E-state index is 12.0. The number of aromatic carboxylic acids is 1. The second kappa shape index (κ2) is 5.22. The summed E-state index contributed by atoms with van der Waals surface area (Å²) in [5.74, 6) is -1.76. The predicted molar refractivity (Wildman–Crippen MR) is 82.3 cm³/mol. The Kier molecular flexibility index (Phi) is 3.43. The Labute approximate surface area is 134 Å². The molecule has 0 aliphatic carbocycles. The molecule has 124 valence electrons. The SMILES string of the molecule is O=C(O)c1cc(=O)n(-c2cccc3c(O)cc(S(=O)(=O)O)cc23)[nH]1. The van der Waals surface area contributed by atoms with Gasteiger partial charge in [0.25, 0.3) is 15.7 Å². The van der Waals surface area contributed by atoms with Crippen LogP contribution in [0.4, 0.5) is 0 Å². The molecular formula is C14H10N2O7S. The number of rotatable bonds is 3. The third-order valence-corrected chi connectivity index (χ3v) is 4.25. The van der Waals surface area contributed by atoms with Gasteiger partial charge in [-0.05, 0) is 12.1 Å². The maximum Gasteiger partial charge on any atom is 0.353 e. The number of fused-ring (bicyclic) bond motifs is 1. The van der Waals surface area contributed by atoms with E-state index in [2.05, 4.69) is 5.10 Å². The van der Waals surface area contributed by atoms with Gasteiger partial charge in [0.15, 0.2) is 0 Å². The average Bonchev–Trinajstić information content (AvgIpc) is 2.88. The fourth-order valence-corrected chi connectivity index (χ4v) is 2.88. The van der Waals surface area contributed by atoms with E-state index in [-0.39, 0.29) is 22.2 Å². The zero-order valence-corrected chi connectivity index (χ0v) is 12.6. The van der Waals surface area contributed by atoms with Crippen molar-refractivity contribution in [2.75, 3.05) is 0 Å². The molecule has 0 spiro atoms. The molecule has 9 nitrogen and oxygen atoms in total. The minimum atomic E-state index is -4.59. The number of carboxylic acid groups (broad SMARTS) is 1. The normalized spacial score (nSPS) is 11.7. The van der Waals surface area contributed by atoms with Crippen molar-refractivity contribution in [1.82, 2.24) is 9.78 Å². The lowest BCUT2D eigenvalue weighted by Crippen LogP contribution is -2.14. The smallest absolute Gasteiger partial charge is 0.353 e. The number of aromatic amines is 1. The van der Waals surface area contributed by atoms with Gasteiger partial charge in [0.05, 0.1) is 10.6 Å². The Bertz CT molecular complexity index is 1140. The van der Waals surface area contributed by atoms with Crippen LogP contribution in [0.1, 0.15) is 10.5 Å². The second-order valence-corrected chi connectivity index (χ2v) is 6.36. The molecule has 0 bridgehead atoms. The number of nitrogens with one attached hydrogen (secondary N) is 1. The van der Waals surface area contributed by atoms with Crippen molar-refractivity contribution in [3.8, 4) is 11.4 Å². The summed E-state index contributed by atoms with van der Waals surface area (Å²) in [6.45, 7) is 0. The molecule has 24 heavy (non-hydrogen) atoms. The summed E-state index contributed by atoms with van der Waals surface area (Å²) in [7, 11) is -4.59. The van der Waals surface area contributed by atoms with Crippen LogP contribution in [-0.2, 0) is 10.1 Å². The van der Waals surface area contributed by atoms with Crippen molar-refractivity contribution in [3.63, 3.8) is 0 Å². The van der Waals surface area contributed by atoms with Gasteiger partial charge in [0, 0.05) is 22.9 Å². The van der Waals surface area contributed by atoms with Crippen LogP contribution in [0.2, 0.25) is 0 Å². The Hall–Kier alpha value is -3.11. The molecule has 0 aliphatic rings. The minimum absolute atomic E-state index is 0.116. The summed E-state index contributed by atoms with van der Waals surface area (Å²) in [5, 5.41) is 21.7. The number of carbonyl (C=O) groups is 1. The number of phenolic OH excluding ortho intramolecular Hbond substituents is 1. The number of benzene rings is 2. The molecule has 10 heteroatoms. The fraction of sp³-hybridized carbons (Fsp3) is 0. The highest BCUT2D eigenvalue weighted by molar-refractivity contribution is 7.85. The van der Waals surface area contributed by atoms with Crippen molar-refractivity contribution in [3.05, 3.63) is 52.4 Å². The molecule has 0 amide bonds. The minimum Gasteiger partial charge on any atom is -0.507 e. The first-order chi connectivity index (χ1) is 11.2. The van der Waals surface area contributed by atoms with E-state index in [9.17, 15) is 27.7 Å². The van der Waals surface area contributed by atoms with Crippen LogP contribution in [0, 0.1) is 0 Å². The van der Waals surface area contributed by atoms with Crippen LogP contribution in [0.25, 0.3) is 16.5 Å². The van der Waals surface area contributed by atoms with E-state index in [4.69, 9.17) is 5.11 Å². The van der Waals surface area contributed by atoms with Crippen molar-refractivity contribution in [1.29, 1.82) is 0 Å². The zero-order chi connectivity index (χ0) is 17.6. The van der Waals surface area contributed by atoms with Gasteiger partial charge in [0.1, 0.15) is 11.4 Å². The summed E-state index contributed by atoms with van der Waals surface area (Å²) in [6.07, 6.45) is 0. The Balaban J connectivity index is 2.39. The second-order valence-electron chi connectivity index (χ2n) is 4.94. The van der Waals surface area contributed by atoms with Gasteiger partial charge in [-0.2, -0.15) is 8.42 Å². The van der Waals surface area contributed by atoms with Crippen molar-refractivity contribution >= 4 is 26.9 Å². The van der Waals surface area contributed by atoms with Crippen LogP contribution in [0.3, 0.4) is 0 Å². The average molecular weight is 350 g/mol. The number of phenols is 1. The van der Waals surface area contributed by atoms with Gasteiger partial charge in [-0.25, -0.2) is 9.48 Å². The zero-order valence-electron chi connectivity index (χ0n) is 11.8. The highest BCUT2D eigenvalue weighted by atomic mass is 32.2. The lowest BCUT2D eigenvalue weighted by Gasteiger charge is -2.10. The summed E-state index contributed by atoms with van der Waals surface area (Å²) < 4.78 is 32.7. The molecule has 4 N–H and O–H groups in total. The third kappa shape index (κ3) is 2.53. The molecule has 0 radical (unpaired) electrons. The van der Waals surface area contributed by atoms with Crippen LogP contribution in [0.15, 0.2) is 46.1 Å². The molecule has 0 atom stereocenters. The fourth-order valence-electron chi connectivity index (χ4n) is 2.35. The van der Waals surface area contributed by atoms with Crippen LogP contribution in [0.5, 0.6) is 5.75 Å². The number of hydrogen-bond donors (Lipinski definition) is 4. The molecular weight excluding hydrogens is 340 g/mol. The van der Waals surface area contributed by atoms with Crippen LogP contribution < -0.4 is 5.56 Å². The molecule has 0 saturated carbocycles. The van der Waals surface area contributed by atoms with Gasteiger partial charge in [0.2, 0.25) is 0 Å². The molecule has 1 aromatic heterocycles. The number of nitrogens with zero attached hydrogens (tertiary/aromatic N) is 1. The molecule has 0 unspecified atom stereocenters. The standard InChI is InChI=1S/C14H10N2O7S/c17-12-5-7(24(21,22)23)4-9-8(12)2-1-3-11(9)16-13(18)6-10(15-16)14(19)20/h1-6,15,17H,(H,19,20)(H,21,22,23). The Morgan fingerprint density at radius 1 is 1.12 bits per heavy atom. The first-order valence-corrected chi connectivity index (χ1v) is 7.91. The van der Waals surface area contributed by atoms with E-state index in [1.54, 1.807) is 0 Å². The van der Waals surface area contributed by atoms with E-state index in [0.29, 0.717) is 0 Å². The summed E-state index contributed by atoms with van der Waals surface area (Å²) in [5.41, 5.74) is -0.922. The highest BCUT2D eigenvalue weighted by Gasteiger charge is 2.17. The summed E-state index contributed by atoms with van der Waals surface area (Å²) >= 11 is 0. The quantitative estimate of drug-likeness (QED) is 0.514. The van der Waals surface area contributed by atoms with Crippen molar-refractivity contribution in [2.24, 2.45) is 0 Å². The van der Waals surface area contributed by atoms with Gasteiger partial charge >= 0.3 is 5.97 Å². The Morgan fingerprint density at radius 3 is 2.42 bits per heavy atom. The number of aromatic nitrogens is 2. The lowest BCUT2D eigenvalue weighted by molar-refractivity contribution is 0.0690. The summed E-state index contributed by atoms with van der Waals surface area (Å²) in [6, 6.07) is 7.23. The number of carboxylic acids is 1. The molecule has 1 heterocycles.